The molecule has 14 heteroatoms. The van der Waals surface area contributed by atoms with Gasteiger partial charge in [0.05, 0.1) is 23.2 Å². The third-order valence-corrected chi connectivity index (χ3v) is 9.16. The van der Waals surface area contributed by atoms with Gasteiger partial charge in [0.2, 0.25) is 5.91 Å². The lowest BCUT2D eigenvalue weighted by Gasteiger charge is -2.45. The van der Waals surface area contributed by atoms with Crippen molar-refractivity contribution < 1.29 is 50.2 Å². The average Bonchev–Trinajstić information content (AvgIpc) is 2.98. The van der Waals surface area contributed by atoms with Crippen LogP contribution in [0.5, 0.6) is 0 Å². The Morgan fingerprint density at radius 2 is 1.52 bits per heavy atom. The summed E-state index contributed by atoms with van der Waals surface area (Å²) in [6.45, 7) is 3.13. The summed E-state index contributed by atoms with van der Waals surface area (Å²) in [6.07, 6.45) is -7.84. The fourth-order valence-electron chi connectivity index (χ4n) is 6.42. The quantitative estimate of drug-likeness (QED) is 0.327. The standard InChI is InChI=1S/C32H36F7N3O4/c1-18-12-25(33)8-9-26(18)27-17-41(29(45)21-6-4-20(5-7-21)13-28(43)44)10-11-42(27)30(46)40(3)19(2)22-14-23(31(34,35)36)16-24(15-22)32(37,38)39/h8-9,12,14-16,19-21,27H,4-7,10-11,13,17H2,1-3H3,(H,43,44)/t19-,20-,21+,27-/m1/s1. The first-order chi connectivity index (χ1) is 21.4. The molecule has 0 radical (unpaired) electrons. The molecular formula is C32H36F7N3O4. The van der Waals surface area contributed by atoms with Crippen LogP contribution in [-0.4, -0.2) is 64.4 Å². The Hall–Kier alpha value is -3.84. The zero-order valence-electron chi connectivity index (χ0n) is 25.6. The molecule has 2 aliphatic rings. The lowest BCUT2D eigenvalue weighted by atomic mass is 9.80. The van der Waals surface area contributed by atoms with E-state index in [4.69, 9.17) is 5.11 Å². The van der Waals surface area contributed by atoms with Gasteiger partial charge in [0.1, 0.15) is 5.82 Å². The second-order valence-corrected chi connectivity index (χ2v) is 12.2. The van der Waals surface area contributed by atoms with Crippen molar-refractivity contribution in [2.75, 3.05) is 26.7 Å². The van der Waals surface area contributed by atoms with Gasteiger partial charge in [-0.15, -0.1) is 0 Å². The van der Waals surface area contributed by atoms with E-state index in [2.05, 4.69) is 0 Å². The van der Waals surface area contributed by atoms with Crippen LogP contribution in [-0.2, 0) is 21.9 Å². The van der Waals surface area contributed by atoms with Gasteiger partial charge in [-0.2, -0.15) is 26.3 Å². The van der Waals surface area contributed by atoms with Crippen LogP contribution in [0, 0.1) is 24.6 Å². The van der Waals surface area contributed by atoms with E-state index in [1.165, 1.54) is 37.1 Å². The number of amides is 3. The van der Waals surface area contributed by atoms with Gasteiger partial charge in [-0.3, -0.25) is 9.59 Å². The molecule has 2 fully saturated rings. The van der Waals surface area contributed by atoms with Crippen LogP contribution in [0.15, 0.2) is 36.4 Å². The Kier molecular flexibility index (Phi) is 10.3. The fourth-order valence-corrected chi connectivity index (χ4v) is 6.42. The summed E-state index contributed by atoms with van der Waals surface area (Å²) >= 11 is 0. The number of piperazine rings is 1. The number of carboxylic acids is 1. The van der Waals surface area contributed by atoms with E-state index in [1.807, 2.05) is 0 Å². The number of hydrogen-bond acceptors (Lipinski definition) is 3. The van der Waals surface area contributed by atoms with E-state index in [-0.39, 0.29) is 55.4 Å². The Morgan fingerprint density at radius 1 is 0.935 bits per heavy atom. The second-order valence-electron chi connectivity index (χ2n) is 12.2. The summed E-state index contributed by atoms with van der Waals surface area (Å²) in [6, 6.07) is 2.52. The van der Waals surface area contributed by atoms with Crippen molar-refractivity contribution in [3.05, 3.63) is 70.0 Å². The minimum atomic E-state index is -5.05. The van der Waals surface area contributed by atoms with E-state index in [0.717, 1.165) is 4.90 Å². The number of rotatable bonds is 6. The van der Waals surface area contributed by atoms with E-state index in [1.54, 1.807) is 11.8 Å². The number of halogens is 7. The summed E-state index contributed by atoms with van der Waals surface area (Å²) in [4.78, 5) is 42.7. The van der Waals surface area contributed by atoms with Crippen LogP contribution in [0.3, 0.4) is 0 Å². The van der Waals surface area contributed by atoms with Gasteiger partial charge in [0.25, 0.3) is 0 Å². The van der Waals surface area contributed by atoms with Crippen LogP contribution in [0.4, 0.5) is 35.5 Å². The van der Waals surface area contributed by atoms with Crippen molar-refractivity contribution in [3.63, 3.8) is 0 Å². The fraction of sp³-hybridized carbons (Fsp3) is 0.531. The van der Waals surface area contributed by atoms with Crippen LogP contribution in [0.1, 0.15) is 78.9 Å². The zero-order valence-corrected chi connectivity index (χ0v) is 25.6. The number of alkyl halides is 6. The van der Waals surface area contributed by atoms with Crippen LogP contribution in [0.25, 0.3) is 0 Å². The molecule has 4 rings (SSSR count). The first kappa shape index (κ1) is 35.0. The van der Waals surface area contributed by atoms with Gasteiger partial charge >= 0.3 is 24.4 Å². The first-order valence-corrected chi connectivity index (χ1v) is 15.0. The van der Waals surface area contributed by atoms with Crippen molar-refractivity contribution in [1.82, 2.24) is 14.7 Å². The molecule has 0 aromatic heterocycles. The van der Waals surface area contributed by atoms with Crippen LogP contribution >= 0.6 is 0 Å². The summed E-state index contributed by atoms with van der Waals surface area (Å²) < 4.78 is 95.2. The predicted molar refractivity (Wildman–Crippen MR) is 153 cm³/mol. The highest BCUT2D eigenvalue weighted by atomic mass is 19.4. The topological polar surface area (TPSA) is 81.2 Å². The van der Waals surface area contributed by atoms with Crippen molar-refractivity contribution >= 4 is 17.9 Å². The number of aryl methyl sites for hydroxylation is 1. The molecule has 1 saturated carbocycles. The molecule has 1 N–H and O–H groups in total. The van der Waals surface area contributed by atoms with Gasteiger partial charge in [0, 0.05) is 39.0 Å². The average molecular weight is 660 g/mol. The molecule has 2 atom stereocenters. The Balaban J connectivity index is 1.59. The predicted octanol–water partition coefficient (Wildman–Crippen LogP) is 7.45. The van der Waals surface area contributed by atoms with Gasteiger partial charge in [-0.05, 0) is 92.5 Å². The Labute approximate surface area is 261 Å². The second kappa shape index (κ2) is 13.5. The van der Waals surface area contributed by atoms with Gasteiger partial charge in [-0.25, -0.2) is 9.18 Å². The summed E-state index contributed by atoms with van der Waals surface area (Å²) in [7, 11) is 1.28. The highest BCUT2D eigenvalue weighted by molar-refractivity contribution is 5.80. The number of nitrogens with zero attached hydrogens (tertiary/aromatic N) is 3. The molecule has 252 valence electrons. The number of carboxylic acid groups (broad SMARTS) is 1. The number of carbonyl (C=O) groups is 3. The maximum absolute atomic E-state index is 14.0. The largest absolute Gasteiger partial charge is 0.481 e. The third-order valence-electron chi connectivity index (χ3n) is 9.16. The van der Waals surface area contributed by atoms with Crippen molar-refractivity contribution in [3.8, 4) is 0 Å². The number of carbonyl (C=O) groups excluding carboxylic acids is 2. The molecule has 0 spiro atoms. The third kappa shape index (κ3) is 7.92. The normalized spacial score (nSPS) is 21.6. The summed E-state index contributed by atoms with van der Waals surface area (Å²) in [5.74, 6) is -1.88. The molecule has 1 heterocycles. The number of benzene rings is 2. The first-order valence-electron chi connectivity index (χ1n) is 15.0. The Morgan fingerprint density at radius 3 is 2.04 bits per heavy atom. The molecule has 46 heavy (non-hydrogen) atoms. The van der Waals surface area contributed by atoms with Crippen molar-refractivity contribution in [2.24, 2.45) is 11.8 Å². The number of urea groups is 1. The molecule has 2 aromatic rings. The molecule has 1 saturated heterocycles. The van der Waals surface area contributed by atoms with Crippen LogP contribution in [0.2, 0.25) is 0 Å². The monoisotopic (exact) mass is 659 g/mol. The Bertz CT molecular complexity index is 1420. The number of aliphatic carboxylic acids is 1. The van der Waals surface area contributed by atoms with Gasteiger partial charge < -0.3 is 19.8 Å². The molecule has 0 unspecified atom stereocenters. The van der Waals surface area contributed by atoms with E-state index >= 15 is 0 Å². The highest BCUT2D eigenvalue weighted by Crippen LogP contribution is 2.39. The summed E-state index contributed by atoms with van der Waals surface area (Å²) in [5, 5.41) is 9.09. The van der Waals surface area contributed by atoms with Crippen molar-refractivity contribution in [2.45, 2.75) is 70.4 Å². The lowest BCUT2D eigenvalue weighted by molar-refractivity contribution is -0.144. The summed E-state index contributed by atoms with van der Waals surface area (Å²) in [5.41, 5.74) is -2.31. The van der Waals surface area contributed by atoms with E-state index in [0.29, 0.717) is 48.9 Å². The minimum Gasteiger partial charge on any atom is -0.481 e. The molecule has 2 aromatic carbocycles. The molecule has 1 aliphatic heterocycles. The maximum Gasteiger partial charge on any atom is 0.416 e. The van der Waals surface area contributed by atoms with Crippen LogP contribution < -0.4 is 0 Å². The molecular weight excluding hydrogens is 623 g/mol. The SMILES string of the molecule is Cc1cc(F)ccc1[C@H]1CN(C(=O)[C@H]2CC[C@@H](CC(=O)O)CC2)CCN1C(=O)N(C)[C@H](C)c1cc(C(F)(F)F)cc(C(F)(F)F)c1. The number of hydrogen-bond donors (Lipinski definition) is 1. The van der Waals surface area contributed by atoms with Crippen molar-refractivity contribution in [1.29, 1.82) is 0 Å². The van der Waals surface area contributed by atoms with E-state index in [9.17, 15) is 45.1 Å². The molecule has 1 aliphatic carbocycles. The van der Waals surface area contributed by atoms with E-state index < -0.39 is 53.4 Å². The lowest BCUT2D eigenvalue weighted by Crippen LogP contribution is -2.56. The molecule has 7 nitrogen and oxygen atoms in total. The smallest absolute Gasteiger partial charge is 0.416 e. The molecule has 0 bridgehead atoms. The minimum absolute atomic E-state index is 0.00723. The zero-order chi connectivity index (χ0) is 34.1. The highest BCUT2D eigenvalue weighted by Gasteiger charge is 2.41. The molecule has 3 amide bonds. The maximum atomic E-state index is 14.0. The van der Waals surface area contributed by atoms with Gasteiger partial charge in [-0.1, -0.05) is 6.07 Å². The van der Waals surface area contributed by atoms with Gasteiger partial charge in [0.15, 0.2) is 0 Å².